The Bertz CT molecular complexity index is 903. The molecule has 9 heteroatoms. The molecule has 26 heavy (non-hydrogen) atoms. The number of amides is 1. The van der Waals surface area contributed by atoms with Crippen molar-refractivity contribution in [2.75, 3.05) is 32.3 Å². The zero-order valence-electron chi connectivity index (χ0n) is 14.5. The molecule has 0 heterocycles. The van der Waals surface area contributed by atoms with Crippen LogP contribution < -0.4 is 10.1 Å². The van der Waals surface area contributed by atoms with Crippen molar-refractivity contribution < 1.29 is 17.9 Å². The molecule has 0 aliphatic heterocycles. The number of hydrogen-bond donors (Lipinski definition) is 1. The monoisotopic (exact) mass is 414 g/mol. The number of sulfonamides is 1. The van der Waals surface area contributed by atoms with Crippen molar-refractivity contribution in [2.45, 2.75) is 9.79 Å². The second kappa shape index (κ2) is 8.77. The van der Waals surface area contributed by atoms with Crippen molar-refractivity contribution in [3.05, 3.63) is 47.5 Å². The highest BCUT2D eigenvalue weighted by Crippen LogP contribution is 2.29. The van der Waals surface area contributed by atoms with E-state index in [2.05, 4.69) is 5.32 Å². The summed E-state index contributed by atoms with van der Waals surface area (Å²) in [6.45, 7) is -0.347. The number of benzene rings is 2. The van der Waals surface area contributed by atoms with Gasteiger partial charge in [0.25, 0.3) is 0 Å². The predicted molar refractivity (Wildman–Crippen MR) is 105 cm³/mol. The van der Waals surface area contributed by atoms with Crippen molar-refractivity contribution in [3.63, 3.8) is 0 Å². The number of halogens is 1. The molecule has 1 amide bonds. The summed E-state index contributed by atoms with van der Waals surface area (Å²) in [6, 6.07) is 11.6. The number of carbonyl (C=O) groups is 1. The summed E-state index contributed by atoms with van der Waals surface area (Å²) >= 11 is 7.40. The molecule has 0 aromatic heterocycles. The number of hydrogen-bond acceptors (Lipinski definition) is 5. The number of nitrogens with one attached hydrogen (secondary N) is 1. The van der Waals surface area contributed by atoms with Crippen LogP contribution in [0.5, 0.6) is 5.75 Å². The van der Waals surface area contributed by atoms with Gasteiger partial charge >= 0.3 is 0 Å². The fourth-order valence-corrected chi connectivity index (χ4v) is 4.34. The molecule has 6 nitrogen and oxygen atoms in total. The molecule has 0 fully saturated rings. The smallest absolute Gasteiger partial charge is 0.247 e. The molecule has 0 atom stereocenters. The number of carbonyl (C=O) groups excluding carboxylic acids is 1. The first-order valence-electron chi connectivity index (χ1n) is 7.52. The summed E-state index contributed by atoms with van der Waals surface area (Å²) in [5, 5.41) is 2.99. The number of anilines is 1. The van der Waals surface area contributed by atoms with Gasteiger partial charge in [0.2, 0.25) is 15.9 Å². The van der Waals surface area contributed by atoms with E-state index in [0.29, 0.717) is 5.69 Å². The third kappa shape index (κ3) is 4.70. The average Bonchev–Trinajstić information content (AvgIpc) is 2.61. The molecule has 2 rings (SSSR count). The van der Waals surface area contributed by atoms with Crippen molar-refractivity contribution in [1.82, 2.24) is 4.31 Å². The van der Waals surface area contributed by atoms with Gasteiger partial charge in [0.15, 0.2) is 0 Å². The van der Waals surface area contributed by atoms with E-state index in [-0.39, 0.29) is 22.2 Å². The molecule has 2 aromatic rings. The van der Waals surface area contributed by atoms with Crippen LogP contribution in [-0.2, 0) is 14.8 Å². The Labute approximate surface area is 162 Å². The molecule has 0 aliphatic rings. The highest BCUT2D eigenvalue weighted by atomic mass is 35.5. The van der Waals surface area contributed by atoms with Gasteiger partial charge in [0.05, 0.1) is 19.3 Å². The van der Waals surface area contributed by atoms with Gasteiger partial charge < -0.3 is 10.1 Å². The minimum Gasteiger partial charge on any atom is -0.495 e. The second-order valence-electron chi connectivity index (χ2n) is 5.30. The lowest BCUT2D eigenvalue weighted by atomic mass is 10.3. The Morgan fingerprint density at radius 2 is 1.96 bits per heavy atom. The van der Waals surface area contributed by atoms with Crippen LogP contribution in [0.3, 0.4) is 0 Å². The van der Waals surface area contributed by atoms with Crippen LogP contribution in [0.1, 0.15) is 0 Å². The molecule has 0 bridgehead atoms. The average molecular weight is 415 g/mol. The summed E-state index contributed by atoms with van der Waals surface area (Å²) in [5.41, 5.74) is 0.635. The zero-order valence-corrected chi connectivity index (χ0v) is 16.9. The Morgan fingerprint density at radius 3 is 2.62 bits per heavy atom. The molecule has 0 radical (unpaired) electrons. The highest BCUT2D eigenvalue weighted by Gasteiger charge is 2.27. The quantitative estimate of drug-likeness (QED) is 0.703. The van der Waals surface area contributed by atoms with Crippen LogP contribution in [0.2, 0.25) is 5.02 Å². The second-order valence-corrected chi connectivity index (χ2v) is 8.60. The van der Waals surface area contributed by atoms with Crippen LogP contribution in [0, 0.1) is 0 Å². The Morgan fingerprint density at radius 1 is 1.27 bits per heavy atom. The molecular weight excluding hydrogens is 396 g/mol. The molecule has 0 aliphatic carbocycles. The number of methoxy groups -OCH3 is 1. The molecule has 140 valence electrons. The van der Waals surface area contributed by atoms with E-state index in [1.807, 2.05) is 18.4 Å². The molecule has 2 aromatic carbocycles. The largest absolute Gasteiger partial charge is 0.495 e. The maximum Gasteiger partial charge on any atom is 0.247 e. The number of ether oxygens (including phenoxy) is 1. The molecule has 1 N–H and O–H groups in total. The predicted octanol–water partition coefficient (Wildman–Crippen LogP) is 3.33. The lowest BCUT2D eigenvalue weighted by molar-refractivity contribution is -0.116. The van der Waals surface area contributed by atoms with Crippen LogP contribution in [0.25, 0.3) is 0 Å². The Kier molecular flexibility index (Phi) is 6.94. The van der Waals surface area contributed by atoms with Gasteiger partial charge in [-0.2, -0.15) is 4.31 Å². The fraction of sp³-hybridized carbons (Fsp3) is 0.235. The van der Waals surface area contributed by atoms with Crippen LogP contribution in [0.15, 0.2) is 52.3 Å². The summed E-state index contributed by atoms with van der Waals surface area (Å²) in [6.07, 6.45) is 1.90. The van der Waals surface area contributed by atoms with E-state index in [4.69, 9.17) is 16.3 Å². The van der Waals surface area contributed by atoms with Gasteiger partial charge in [-0.1, -0.05) is 23.7 Å². The van der Waals surface area contributed by atoms with Crippen molar-refractivity contribution in [3.8, 4) is 5.75 Å². The number of likely N-dealkylation sites (N-methyl/N-ethyl adjacent to an activating group) is 1. The van der Waals surface area contributed by atoms with Crippen molar-refractivity contribution in [2.24, 2.45) is 0 Å². The van der Waals surface area contributed by atoms with E-state index >= 15 is 0 Å². The minimum absolute atomic E-state index is 0.0905. The fourth-order valence-electron chi connectivity index (χ4n) is 2.24. The van der Waals surface area contributed by atoms with E-state index in [1.165, 1.54) is 44.1 Å². The lowest BCUT2D eigenvalue weighted by Crippen LogP contribution is -2.35. The first-order chi connectivity index (χ1) is 12.3. The van der Waals surface area contributed by atoms with E-state index in [1.54, 1.807) is 12.1 Å². The summed E-state index contributed by atoms with van der Waals surface area (Å²) in [7, 11) is -1.25. The van der Waals surface area contributed by atoms with E-state index < -0.39 is 15.9 Å². The molecule has 0 unspecified atom stereocenters. The molecule has 0 saturated heterocycles. The zero-order chi connectivity index (χ0) is 19.3. The summed E-state index contributed by atoms with van der Waals surface area (Å²) < 4.78 is 31.6. The first kappa shape index (κ1) is 20.6. The number of para-hydroxylation sites is 1. The SMILES string of the molecule is COc1ccc(Cl)cc1S(=O)(=O)N(C)CC(=O)Nc1ccccc1SC. The number of rotatable bonds is 7. The van der Waals surface area contributed by atoms with Crippen molar-refractivity contribution in [1.29, 1.82) is 0 Å². The molecule has 0 spiro atoms. The van der Waals surface area contributed by atoms with Gasteiger partial charge in [0.1, 0.15) is 10.6 Å². The van der Waals surface area contributed by atoms with Gasteiger partial charge in [-0.15, -0.1) is 11.8 Å². The van der Waals surface area contributed by atoms with Gasteiger partial charge in [-0.25, -0.2) is 8.42 Å². The third-order valence-corrected chi connectivity index (χ3v) is 6.42. The highest BCUT2D eigenvalue weighted by molar-refractivity contribution is 7.98. The molecule has 0 saturated carbocycles. The van der Waals surface area contributed by atoms with Crippen LogP contribution in [0.4, 0.5) is 5.69 Å². The van der Waals surface area contributed by atoms with E-state index in [0.717, 1.165) is 9.20 Å². The maximum atomic E-state index is 12.8. The first-order valence-corrected chi connectivity index (χ1v) is 10.6. The minimum atomic E-state index is -3.95. The third-order valence-electron chi connectivity index (χ3n) is 3.56. The van der Waals surface area contributed by atoms with Crippen LogP contribution in [-0.4, -0.2) is 45.6 Å². The van der Waals surface area contributed by atoms with E-state index in [9.17, 15) is 13.2 Å². The van der Waals surface area contributed by atoms with Crippen molar-refractivity contribution >= 4 is 45.0 Å². The van der Waals surface area contributed by atoms with Crippen LogP contribution >= 0.6 is 23.4 Å². The van der Waals surface area contributed by atoms with Gasteiger partial charge in [0, 0.05) is 17.0 Å². The summed E-state index contributed by atoms with van der Waals surface area (Å²) in [5.74, 6) is -0.284. The van der Waals surface area contributed by atoms with Gasteiger partial charge in [-0.3, -0.25) is 4.79 Å². The Hall–Kier alpha value is -1.74. The normalized spacial score (nSPS) is 11.4. The lowest BCUT2D eigenvalue weighted by Gasteiger charge is -2.19. The van der Waals surface area contributed by atoms with Gasteiger partial charge in [-0.05, 0) is 36.6 Å². The maximum absolute atomic E-state index is 12.8. The summed E-state index contributed by atoms with van der Waals surface area (Å²) in [4.78, 5) is 13.1. The standard InChI is InChI=1S/C17H19ClN2O4S2/c1-20(11-17(21)19-13-6-4-5-7-15(13)25-3)26(22,23)16-10-12(18)8-9-14(16)24-2/h4-10H,11H2,1-3H3,(H,19,21). The number of nitrogens with zero attached hydrogens (tertiary/aromatic N) is 1. The topological polar surface area (TPSA) is 75.7 Å². The Balaban J connectivity index is 2.19. The molecular formula is C17H19ClN2O4S2. The number of thioether (sulfide) groups is 1.